The van der Waals surface area contributed by atoms with Crippen molar-refractivity contribution in [2.24, 2.45) is 11.8 Å². The maximum atomic E-state index is 8.87. The van der Waals surface area contributed by atoms with E-state index in [1.807, 2.05) is 36.7 Å². The summed E-state index contributed by atoms with van der Waals surface area (Å²) in [5.41, 5.74) is 5.85. The summed E-state index contributed by atoms with van der Waals surface area (Å²) < 4.78 is 4.24. The first-order valence-corrected chi connectivity index (χ1v) is 18.8. The molecular weight excluding hydrogens is 709 g/mol. The van der Waals surface area contributed by atoms with Crippen LogP contribution in [-0.2, 0) is 0 Å². The van der Waals surface area contributed by atoms with Crippen LogP contribution >= 0.6 is 0 Å². The molecule has 2 aliphatic rings. The van der Waals surface area contributed by atoms with Gasteiger partial charge in [0, 0.05) is 36.3 Å². The van der Waals surface area contributed by atoms with Crippen molar-refractivity contribution >= 4 is 45.3 Å². The number of rotatable bonds is 8. The predicted molar refractivity (Wildman–Crippen MR) is 205 cm³/mol. The molecule has 18 nitrogen and oxygen atoms in total. The molecule has 0 saturated heterocycles. The number of hydrogen-bond acceptors (Lipinski definition) is 14. The molecule has 0 aromatic carbocycles. The zero-order valence-corrected chi connectivity index (χ0v) is 30.7. The van der Waals surface area contributed by atoms with Gasteiger partial charge in [0.25, 0.3) is 0 Å². The van der Waals surface area contributed by atoms with E-state index in [9.17, 15) is 0 Å². The lowest BCUT2D eigenvalue weighted by molar-refractivity contribution is 0.451. The van der Waals surface area contributed by atoms with Crippen molar-refractivity contribution in [3.05, 3.63) is 84.7 Å². The van der Waals surface area contributed by atoms with Gasteiger partial charge in [0.15, 0.2) is 34.0 Å². The molecular formula is C38H38N18. The normalized spacial score (nSPS) is 21.9. The van der Waals surface area contributed by atoms with Crippen LogP contribution in [0.3, 0.4) is 0 Å². The van der Waals surface area contributed by atoms with Crippen molar-refractivity contribution in [1.29, 1.82) is 10.5 Å². The van der Waals surface area contributed by atoms with Crippen molar-refractivity contribution in [2.75, 3.05) is 10.6 Å². The van der Waals surface area contributed by atoms with E-state index in [1.54, 1.807) is 24.8 Å². The van der Waals surface area contributed by atoms with Gasteiger partial charge in [-0.15, -0.1) is 20.4 Å². The highest BCUT2D eigenvalue weighted by atomic mass is 15.3. The van der Waals surface area contributed by atoms with Gasteiger partial charge < -0.3 is 20.6 Å². The first kappa shape index (κ1) is 34.7. The average Bonchev–Trinajstić information content (AvgIpc) is 4.09. The number of H-pyrrole nitrogens is 2. The van der Waals surface area contributed by atoms with E-state index in [-0.39, 0.29) is 12.1 Å². The second kappa shape index (κ2) is 14.6. The maximum Gasteiger partial charge on any atom is 0.179 e. The predicted octanol–water partition coefficient (Wildman–Crippen LogP) is 5.30. The number of nitrogens with zero attached hydrogens (tertiary/aromatic N) is 14. The Bertz CT molecular complexity index is 2520. The molecule has 4 N–H and O–H groups in total. The Kier molecular flexibility index (Phi) is 9.06. The van der Waals surface area contributed by atoms with Gasteiger partial charge in [-0.05, 0) is 49.7 Å². The molecule has 2 fully saturated rings. The van der Waals surface area contributed by atoms with Crippen LogP contribution < -0.4 is 10.6 Å². The minimum Gasteiger partial charge on any atom is -0.366 e. The minimum atomic E-state index is 0.271. The van der Waals surface area contributed by atoms with Crippen molar-refractivity contribution in [3.8, 4) is 12.1 Å². The molecule has 0 aliphatic heterocycles. The molecule has 0 radical (unpaired) electrons. The van der Waals surface area contributed by atoms with E-state index in [2.05, 4.69) is 93.5 Å². The fourth-order valence-corrected chi connectivity index (χ4v) is 8.64. The Morgan fingerprint density at radius 3 is 1.46 bits per heavy atom. The number of fused-ring (bicyclic) bond motifs is 6. The van der Waals surface area contributed by atoms with Gasteiger partial charge in [0.1, 0.15) is 35.4 Å². The van der Waals surface area contributed by atoms with Crippen LogP contribution in [-0.4, -0.2) is 81.2 Å². The zero-order chi connectivity index (χ0) is 38.2. The van der Waals surface area contributed by atoms with Crippen LogP contribution in [0.15, 0.2) is 61.7 Å². The molecule has 280 valence electrons. The quantitative estimate of drug-likeness (QED) is 0.154. The third-order valence-electron chi connectivity index (χ3n) is 11.3. The molecule has 18 heteroatoms. The van der Waals surface area contributed by atoms with Crippen molar-refractivity contribution in [1.82, 2.24) is 69.1 Å². The summed E-state index contributed by atoms with van der Waals surface area (Å²) in [6.07, 6.45) is 19.6. The molecule has 1 unspecified atom stereocenters. The number of anilines is 2. The summed E-state index contributed by atoms with van der Waals surface area (Å²) in [4.78, 5) is 31.9. The highest BCUT2D eigenvalue weighted by Crippen LogP contribution is 2.43. The van der Waals surface area contributed by atoms with Crippen LogP contribution in [0.1, 0.15) is 87.2 Å². The van der Waals surface area contributed by atoms with Crippen LogP contribution in [0.4, 0.5) is 11.6 Å². The molecule has 56 heavy (non-hydrogen) atoms. The summed E-state index contributed by atoms with van der Waals surface area (Å²) in [5, 5.41) is 42.5. The van der Waals surface area contributed by atoms with Gasteiger partial charge in [-0.25, -0.2) is 29.9 Å². The van der Waals surface area contributed by atoms with Crippen LogP contribution in [0.2, 0.25) is 0 Å². The second-order valence-corrected chi connectivity index (χ2v) is 14.4. The summed E-state index contributed by atoms with van der Waals surface area (Å²) in [6.45, 7) is 4.44. The highest BCUT2D eigenvalue weighted by Gasteiger charge is 2.38. The third-order valence-corrected chi connectivity index (χ3v) is 11.3. The summed E-state index contributed by atoms with van der Waals surface area (Å²) >= 11 is 0. The topological polar surface area (TPSA) is 241 Å². The molecule has 2 aliphatic carbocycles. The first-order chi connectivity index (χ1) is 27.5. The van der Waals surface area contributed by atoms with Crippen LogP contribution in [0.25, 0.3) is 33.6 Å². The van der Waals surface area contributed by atoms with Gasteiger partial charge in [0.2, 0.25) is 0 Å². The minimum absolute atomic E-state index is 0.271. The number of nitriles is 2. The van der Waals surface area contributed by atoms with E-state index in [1.165, 1.54) is 12.4 Å². The van der Waals surface area contributed by atoms with E-state index >= 15 is 0 Å². The third kappa shape index (κ3) is 6.34. The van der Waals surface area contributed by atoms with Crippen molar-refractivity contribution in [3.63, 3.8) is 0 Å². The van der Waals surface area contributed by atoms with E-state index in [0.717, 1.165) is 83.8 Å². The highest BCUT2D eigenvalue weighted by molar-refractivity contribution is 5.75. The maximum absolute atomic E-state index is 8.87. The first-order valence-electron chi connectivity index (χ1n) is 18.8. The largest absolute Gasteiger partial charge is 0.366 e. The van der Waals surface area contributed by atoms with Crippen LogP contribution in [0.5, 0.6) is 0 Å². The fourth-order valence-electron chi connectivity index (χ4n) is 8.64. The van der Waals surface area contributed by atoms with Crippen LogP contribution in [0, 0.1) is 34.5 Å². The van der Waals surface area contributed by atoms with Gasteiger partial charge in [0.05, 0.1) is 48.2 Å². The standard InChI is InChI=1S/2C19H19N9/c2*1-2-11-5-12(25-16-9-22-13(7-20)8-23-16)6-14(11)19-27-26-17-10-24-18-15(28(17)19)3-4-21-18/h2*3-4,8-12,14,21H,2,5-6H2,1H3,(H,23,25)/t11-,12+,14?;11-,12+,14+/m01/s1. The molecule has 8 aromatic heterocycles. The average molecular weight is 747 g/mol. The number of aromatic amines is 2. The summed E-state index contributed by atoms with van der Waals surface area (Å²) in [7, 11) is 0. The van der Waals surface area contributed by atoms with E-state index < -0.39 is 0 Å². The summed E-state index contributed by atoms with van der Waals surface area (Å²) in [5.74, 6) is 4.96. The Hall–Kier alpha value is -7.08. The smallest absolute Gasteiger partial charge is 0.179 e. The number of hydrogen-bond donors (Lipinski definition) is 4. The van der Waals surface area contributed by atoms with Crippen molar-refractivity contribution < 1.29 is 0 Å². The Morgan fingerprint density at radius 2 is 1.07 bits per heavy atom. The lowest BCUT2D eigenvalue weighted by atomic mass is 9.93. The Balaban J connectivity index is 0.000000146. The molecule has 0 amide bonds. The van der Waals surface area contributed by atoms with Gasteiger partial charge in [-0.1, -0.05) is 26.7 Å². The SMILES string of the molecule is CC[C@@H]1C[C@H](Nc2cnc(C#N)cn2)C[C@@H]1c1nnc2cnc3[nH]ccc3n12.CC[C@H]1C[C@@H](Nc2cnc(C#N)cn2)CC1c1nnc2cnc3[nH]ccc3n12. The zero-order valence-electron chi connectivity index (χ0n) is 30.7. The lowest BCUT2D eigenvalue weighted by Crippen LogP contribution is -2.17. The molecule has 8 aromatic rings. The molecule has 0 bridgehead atoms. The Morgan fingerprint density at radius 1 is 0.607 bits per heavy atom. The molecule has 10 rings (SSSR count). The molecule has 8 heterocycles. The molecule has 0 spiro atoms. The Labute approximate surface area is 319 Å². The lowest BCUT2D eigenvalue weighted by Gasteiger charge is -2.15. The van der Waals surface area contributed by atoms with E-state index in [4.69, 9.17) is 10.5 Å². The van der Waals surface area contributed by atoms with Gasteiger partial charge >= 0.3 is 0 Å². The number of nitrogens with one attached hydrogen (secondary N) is 4. The van der Waals surface area contributed by atoms with Gasteiger partial charge in [-0.2, -0.15) is 10.5 Å². The fraction of sp³-hybridized carbons (Fsp3) is 0.368. The molecule has 2 saturated carbocycles. The van der Waals surface area contributed by atoms with Crippen molar-refractivity contribution in [2.45, 2.75) is 76.3 Å². The van der Waals surface area contributed by atoms with Gasteiger partial charge in [-0.3, -0.25) is 8.80 Å². The van der Waals surface area contributed by atoms with E-state index in [0.29, 0.717) is 46.7 Å². The monoisotopic (exact) mass is 746 g/mol. The second-order valence-electron chi connectivity index (χ2n) is 14.4. The number of aromatic nitrogens is 14. The molecule has 6 atom stereocenters. The summed E-state index contributed by atoms with van der Waals surface area (Å²) in [6, 6.07) is 8.55.